The minimum Gasteiger partial charge on any atom is -0.328 e. The van der Waals surface area contributed by atoms with E-state index in [0.29, 0.717) is 12.1 Å². The van der Waals surface area contributed by atoms with Gasteiger partial charge in [-0.3, -0.25) is 0 Å². The molecule has 18 heavy (non-hydrogen) atoms. The van der Waals surface area contributed by atoms with Gasteiger partial charge in [0.05, 0.1) is 0 Å². The van der Waals surface area contributed by atoms with Gasteiger partial charge in [0.2, 0.25) is 0 Å². The van der Waals surface area contributed by atoms with Crippen molar-refractivity contribution in [3.63, 3.8) is 0 Å². The van der Waals surface area contributed by atoms with Crippen LogP contribution in [0.1, 0.15) is 44.2 Å². The summed E-state index contributed by atoms with van der Waals surface area (Å²) in [4.78, 5) is 0. The van der Waals surface area contributed by atoms with E-state index in [2.05, 4.69) is 21.2 Å². The van der Waals surface area contributed by atoms with Crippen molar-refractivity contribution in [3.05, 3.63) is 34.1 Å². The Hall–Kier alpha value is -0.450. The van der Waals surface area contributed by atoms with Crippen molar-refractivity contribution in [1.82, 2.24) is 5.32 Å². The first-order valence-electron chi connectivity index (χ1n) is 6.53. The van der Waals surface area contributed by atoms with Gasteiger partial charge >= 0.3 is 0 Å². The minimum absolute atomic E-state index is 0.0295. The Labute approximate surface area is 116 Å². The summed E-state index contributed by atoms with van der Waals surface area (Å²) in [6, 6.07) is 5.92. The van der Waals surface area contributed by atoms with Crippen molar-refractivity contribution < 1.29 is 4.39 Å². The Morgan fingerprint density at radius 3 is 2.67 bits per heavy atom. The highest BCUT2D eigenvalue weighted by Gasteiger charge is 2.21. The zero-order valence-corrected chi connectivity index (χ0v) is 12.2. The van der Waals surface area contributed by atoms with E-state index in [9.17, 15) is 4.39 Å². The molecule has 1 fully saturated rings. The molecule has 1 aromatic rings. The van der Waals surface area contributed by atoms with Crippen molar-refractivity contribution in [1.29, 1.82) is 0 Å². The molecule has 100 valence electrons. The monoisotopic (exact) mass is 314 g/mol. The molecule has 0 heterocycles. The number of rotatable bonds is 3. The molecule has 2 rings (SSSR count). The Morgan fingerprint density at radius 1 is 1.33 bits per heavy atom. The van der Waals surface area contributed by atoms with Gasteiger partial charge in [0.25, 0.3) is 0 Å². The molecule has 0 aliphatic heterocycles. The van der Waals surface area contributed by atoms with Crippen LogP contribution >= 0.6 is 15.9 Å². The largest absolute Gasteiger partial charge is 0.328 e. The predicted octanol–water partition coefficient (Wildman–Crippen LogP) is 3.51. The highest BCUT2D eigenvalue weighted by Crippen LogP contribution is 2.24. The van der Waals surface area contributed by atoms with Crippen LogP contribution in [0.25, 0.3) is 0 Å². The second-order valence-electron chi connectivity index (χ2n) is 5.17. The average Bonchev–Trinajstić information content (AvgIpc) is 2.35. The molecular formula is C14H20BrFN2. The van der Waals surface area contributed by atoms with Crippen molar-refractivity contribution in [3.8, 4) is 0 Å². The van der Waals surface area contributed by atoms with Gasteiger partial charge in [-0.1, -0.05) is 15.9 Å². The normalized spacial score (nSPS) is 26.0. The Balaban J connectivity index is 1.98. The predicted molar refractivity (Wildman–Crippen MR) is 75.9 cm³/mol. The number of halogens is 2. The van der Waals surface area contributed by atoms with E-state index in [-0.39, 0.29) is 11.9 Å². The summed E-state index contributed by atoms with van der Waals surface area (Å²) >= 11 is 3.39. The molecule has 0 amide bonds. The molecular weight excluding hydrogens is 295 g/mol. The van der Waals surface area contributed by atoms with E-state index in [1.54, 1.807) is 6.07 Å². The average molecular weight is 315 g/mol. The maximum atomic E-state index is 13.8. The summed E-state index contributed by atoms with van der Waals surface area (Å²) in [5.41, 5.74) is 6.61. The molecule has 1 aromatic carbocycles. The smallest absolute Gasteiger partial charge is 0.128 e. The van der Waals surface area contributed by atoms with Gasteiger partial charge in [0.15, 0.2) is 0 Å². The first-order chi connectivity index (χ1) is 8.56. The molecule has 0 saturated heterocycles. The zero-order chi connectivity index (χ0) is 13.1. The van der Waals surface area contributed by atoms with Crippen LogP contribution in [0.2, 0.25) is 0 Å². The van der Waals surface area contributed by atoms with Crippen LogP contribution in [0.5, 0.6) is 0 Å². The lowest BCUT2D eigenvalue weighted by molar-refractivity contribution is 0.319. The van der Waals surface area contributed by atoms with E-state index in [1.165, 1.54) is 6.07 Å². The van der Waals surface area contributed by atoms with Crippen molar-refractivity contribution in [2.45, 2.75) is 50.7 Å². The van der Waals surface area contributed by atoms with Gasteiger partial charge in [-0.2, -0.15) is 0 Å². The highest BCUT2D eigenvalue weighted by molar-refractivity contribution is 9.10. The standard InChI is InChI=1S/C14H20BrFN2/c1-9(13-8-10(15)2-7-14(13)16)18-12-5-3-11(17)4-6-12/h2,7-9,11-12,18H,3-6,17H2,1H3. The first kappa shape index (κ1) is 14.0. The third kappa shape index (κ3) is 3.53. The molecule has 0 bridgehead atoms. The van der Waals surface area contributed by atoms with Gasteiger partial charge in [0, 0.05) is 28.2 Å². The number of benzene rings is 1. The van der Waals surface area contributed by atoms with Crippen LogP contribution < -0.4 is 11.1 Å². The zero-order valence-electron chi connectivity index (χ0n) is 10.6. The number of hydrogen-bond donors (Lipinski definition) is 2. The maximum Gasteiger partial charge on any atom is 0.128 e. The van der Waals surface area contributed by atoms with Crippen molar-refractivity contribution in [2.24, 2.45) is 5.73 Å². The van der Waals surface area contributed by atoms with E-state index >= 15 is 0 Å². The molecule has 3 N–H and O–H groups in total. The van der Waals surface area contributed by atoms with E-state index in [0.717, 1.165) is 35.7 Å². The topological polar surface area (TPSA) is 38.0 Å². The fourth-order valence-corrected chi connectivity index (χ4v) is 2.95. The Kier molecular flexibility index (Phi) is 4.76. The van der Waals surface area contributed by atoms with Crippen LogP contribution in [0, 0.1) is 5.82 Å². The Morgan fingerprint density at radius 2 is 2.00 bits per heavy atom. The summed E-state index contributed by atoms with van der Waals surface area (Å²) in [6.07, 6.45) is 4.29. The van der Waals surface area contributed by atoms with Crippen LogP contribution in [0.3, 0.4) is 0 Å². The molecule has 4 heteroatoms. The van der Waals surface area contributed by atoms with Gasteiger partial charge in [0.1, 0.15) is 5.82 Å². The molecule has 0 spiro atoms. The van der Waals surface area contributed by atoms with Gasteiger partial charge in [-0.05, 0) is 50.8 Å². The van der Waals surface area contributed by atoms with Gasteiger partial charge in [-0.25, -0.2) is 4.39 Å². The SMILES string of the molecule is CC(NC1CCC(N)CC1)c1cc(Br)ccc1F. The summed E-state index contributed by atoms with van der Waals surface area (Å²) in [5, 5.41) is 3.51. The number of nitrogens with two attached hydrogens (primary N) is 1. The van der Waals surface area contributed by atoms with Crippen LogP contribution in [0.15, 0.2) is 22.7 Å². The minimum atomic E-state index is -0.147. The summed E-state index contributed by atoms with van der Waals surface area (Å²) in [6.45, 7) is 2.01. The van der Waals surface area contributed by atoms with Crippen LogP contribution in [-0.2, 0) is 0 Å². The molecule has 1 aliphatic carbocycles. The molecule has 0 radical (unpaired) electrons. The maximum absolute atomic E-state index is 13.8. The third-order valence-electron chi connectivity index (χ3n) is 3.68. The fourth-order valence-electron chi connectivity index (χ4n) is 2.58. The summed E-state index contributed by atoms with van der Waals surface area (Å²) in [7, 11) is 0. The lowest BCUT2D eigenvalue weighted by Gasteiger charge is -2.29. The van der Waals surface area contributed by atoms with Crippen molar-refractivity contribution in [2.75, 3.05) is 0 Å². The van der Waals surface area contributed by atoms with Crippen LogP contribution in [-0.4, -0.2) is 12.1 Å². The Bertz CT molecular complexity index is 403. The summed E-state index contributed by atoms with van der Waals surface area (Å²) in [5.74, 6) is -0.147. The molecule has 1 saturated carbocycles. The van der Waals surface area contributed by atoms with Crippen molar-refractivity contribution >= 4 is 15.9 Å². The second kappa shape index (κ2) is 6.13. The first-order valence-corrected chi connectivity index (χ1v) is 7.32. The molecule has 1 aliphatic rings. The third-order valence-corrected chi connectivity index (χ3v) is 4.18. The van der Waals surface area contributed by atoms with E-state index in [4.69, 9.17) is 5.73 Å². The molecule has 1 atom stereocenters. The highest BCUT2D eigenvalue weighted by atomic mass is 79.9. The second-order valence-corrected chi connectivity index (χ2v) is 6.08. The summed E-state index contributed by atoms with van der Waals surface area (Å²) < 4.78 is 14.7. The van der Waals surface area contributed by atoms with Crippen LogP contribution in [0.4, 0.5) is 4.39 Å². The lowest BCUT2D eigenvalue weighted by atomic mass is 9.91. The molecule has 2 nitrogen and oxygen atoms in total. The fraction of sp³-hybridized carbons (Fsp3) is 0.571. The molecule has 1 unspecified atom stereocenters. The quantitative estimate of drug-likeness (QED) is 0.896. The van der Waals surface area contributed by atoms with Gasteiger partial charge < -0.3 is 11.1 Å². The molecule has 0 aromatic heterocycles. The number of nitrogens with one attached hydrogen (secondary N) is 1. The van der Waals surface area contributed by atoms with E-state index in [1.807, 2.05) is 13.0 Å². The van der Waals surface area contributed by atoms with E-state index < -0.39 is 0 Å². The lowest BCUT2D eigenvalue weighted by Crippen LogP contribution is -2.38. The number of hydrogen-bond acceptors (Lipinski definition) is 2. The van der Waals surface area contributed by atoms with Gasteiger partial charge in [-0.15, -0.1) is 0 Å².